The molecule has 0 bridgehead atoms. The Kier molecular flexibility index (Phi) is 2.36. The number of fused-ring (bicyclic) bond motifs is 2. The van der Waals surface area contributed by atoms with E-state index in [0.29, 0.717) is 30.5 Å². The van der Waals surface area contributed by atoms with Crippen molar-refractivity contribution in [2.75, 3.05) is 13.2 Å². The molecule has 1 aliphatic rings. The van der Waals surface area contributed by atoms with Crippen molar-refractivity contribution in [2.24, 2.45) is 0 Å². The van der Waals surface area contributed by atoms with Gasteiger partial charge in [-0.1, -0.05) is 0 Å². The first kappa shape index (κ1) is 10.9. The van der Waals surface area contributed by atoms with Crippen molar-refractivity contribution >= 4 is 17.0 Å². The molecule has 0 radical (unpaired) electrons. The van der Waals surface area contributed by atoms with E-state index in [-0.39, 0.29) is 6.54 Å². The number of carboxylic acids is 1. The second kappa shape index (κ2) is 3.90. The second-order valence-corrected chi connectivity index (χ2v) is 4.12. The quantitative estimate of drug-likeness (QED) is 0.864. The number of carboxylic acid groups (broad SMARTS) is 1. The topological polar surface area (TPSA) is 73.6 Å². The highest BCUT2D eigenvalue weighted by atomic mass is 16.6. The first-order valence-electron chi connectivity index (χ1n) is 5.63. The molecule has 1 aliphatic heterocycles. The van der Waals surface area contributed by atoms with Crippen molar-refractivity contribution in [3.05, 3.63) is 18.0 Å². The van der Waals surface area contributed by atoms with E-state index in [1.165, 1.54) is 0 Å². The Morgan fingerprint density at radius 3 is 2.72 bits per heavy atom. The molecule has 0 fully saturated rings. The molecular weight excluding hydrogens is 236 g/mol. The van der Waals surface area contributed by atoms with Gasteiger partial charge in [0.05, 0.1) is 11.0 Å². The van der Waals surface area contributed by atoms with Crippen LogP contribution in [0.3, 0.4) is 0 Å². The lowest BCUT2D eigenvalue weighted by atomic mass is 10.2. The Labute approximate surface area is 103 Å². The smallest absolute Gasteiger partial charge is 0.323 e. The lowest BCUT2D eigenvalue weighted by molar-refractivity contribution is -0.137. The van der Waals surface area contributed by atoms with E-state index in [9.17, 15) is 4.79 Å². The standard InChI is InChI=1S/C12H12N2O4/c1-7-13-8-4-10-11(18-3-2-17-10)5-9(8)14(7)6-12(15)16/h4-5H,2-3,6H2,1H3,(H,15,16). The first-order chi connectivity index (χ1) is 8.65. The number of aliphatic carboxylic acids is 1. The zero-order valence-electron chi connectivity index (χ0n) is 9.84. The van der Waals surface area contributed by atoms with Gasteiger partial charge in [-0.05, 0) is 6.92 Å². The number of nitrogens with zero attached hydrogens (tertiary/aromatic N) is 2. The summed E-state index contributed by atoms with van der Waals surface area (Å²) in [6, 6.07) is 3.57. The molecule has 18 heavy (non-hydrogen) atoms. The molecule has 6 nitrogen and oxygen atoms in total. The Morgan fingerprint density at radius 1 is 1.39 bits per heavy atom. The molecule has 1 N–H and O–H groups in total. The maximum atomic E-state index is 10.8. The molecule has 0 saturated heterocycles. The van der Waals surface area contributed by atoms with Gasteiger partial charge in [0.2, 0.25) is 0 Å². The lowest BCUT2D eigenvalue weighted by Crippen LogP contribution is -2.15. The average molecular weight is 248 g/mol. The Balaban J connectivity index is 2.18. The van der Waals surface area contributed by atoms with E-state index < -0.39 is 5.97 Å². The van der Waals surface area contributed by atoms with E-state index >= 15 is 0 Å². The van der Waals surface area contributed by atoms with Gasteiger partial charge in [0, 0.05) is 12.1 Å². The SMILES string of the molecule is Cc1nc2cc3c(cc2n1CC(=O)O)OCCO3. The molecule has 0 atom stereocenters. The fourth-order valence-corrected chi connectivity index (χ4v) is 2.12. The van der Waals surface area contributed by atoms with Gasteiger partial charge in [-0.2, -0.15) is 0 Å². The Hall–Kier alpha value is -2.24. The molecule has 0 aliphatic carbocycles. The van der Waals surface area contributed by atoms with Crippen molar-refractivity contribution in [3.63, 3.8) is 0 Å². The molecule has 94 valence electrons. The van der Waals surface area contributed by atoms with Gasteiger partial charge in [-0.15, -0.1) is 0 Å². The number of hydrogen-bond donors (Lipinski definition) is 1. The van der Waals surface area contributed by atoms with E-state index in [4.69, 9.17) is 14.6 Å². The largest absolute Gasteiger partial charge is 0.486 e. The minimum atomic E-state index is -0.896. The van der Waals surface area contributed by atoms with Gasteiger partial charge in [-0.25, -0.2) is 4.98 Å². The molecule has 0 spiro atoms. The van der Waals surface area contributed by atoms with Crippen molar-refractivity contribution in [3.8, 4) is 11.5 Å². The van der Waals surface area contributed by atoms with Crippen LogP contribution in [0.25, 0.3) is 11.0 Å². The summed E-state index contributed by atoms with van der Waals surface area (Å²) >= 11 is 0. The number of rotatable bonds is 2. The third kappa shape index (κ3) is 1.66. The van der Waals surface area contributed by atoms with Crippen LogP contribution < -0.4 is 9.47 Å². The zero-order chi connectivity index (χ0) is 12.7. The first-order valence-corrected chi connectivity index (χ1v) is 5.63. The fraction of sp³-hybridized carbons (Fsp3) is 0.333. The van der Waals surface area contributed by atoms with Gasteiger partial charge in [-0.3, -0.25) is 4.79 Å². The van der Waals surface area contributed by atoms with Crippen LogP contribution >= 0.6 is 0 Å². The molecule has 2 heterocycles. The molecule has 3 rings (SSSR count). The number of imidazole rings is 1. The summed E-state index contributed by atoms with van der Waals surface area (Å²) in [5.74, 6) is 1.07. The normalized spacial score (nSPS) is 13.8. The van der Waals surface area contributed by atoms with Crippen molar-refractivity contribution in [1.29, 1.82) is 0 Å². The summed E-state index contributed by atoms with van der Waals surface area (Å²) in [5.41, 5.74) is 1.47. The molecular formula is C12H12N2O4. The van der Waals surface area contributed by atoms with Gasteiger partial charge < -0.3 is 19.1 Å². The maximum absolute atomic E-state index is 10.8. The van der Waals surface area contributed by atoms with Gasteiger partial charge >= 0.3 is 5.97 Å². The van der Waals surface area contributed by atoms with Crippen LogP contribution in [0.1, 0.15) is 5.82 Å². The Bertz CT molecular complexity index is 633. The molecule has 0 unspecified atom stereocenters. The van der Waals surface area contributed by atoms with Crippen LogP contribution in [-0.2, 0) is 11.3 Å². The molecule has 0 saturated carbocycles. The molecule has 6 heteroatoms. The fourth-order valence-electron chi connectivity index (χ4n) is 2.12. The highest BCUT2D eigenvalue weighted by Gasteiger charge is 2.17. The number of aryl methyl sites for hydroxylation is 1. The summed E-state index contributed by atoms with van der Waals surface area (Å²) in [7, 11) is 0. The van der Waals surface area contributed by atoms with Crippen LogP contribution in [0.2, 0.25) is 0 Å². The maximum Gasteiger partial charge on any atom is 0.323 e. The Morgan fingerprint density at radius 2 is 2.06 bits per heavy atom. The summed E-state index contributed by atoms with van der Waals surface area (Å²) in [6.07, 6.45) is 0. The summed E-state index contributed by atoms with van der Waals surface area (Å²) in [6.45, 7) is 2.70. The van der Waals surface area contributed by atoms with Crippen molar-refractivity contribution in [2.45, 2.75) is 13.5 Å². The zero-order valence-corrected chi connectivity index (χ0v) is 9.84. The molecule has 1 aromatic carbocycles. The van der Waals surface area contributed by atoms with E-state index in [0.717, 1.165) is 11.0 Å². The number of carbonyl (C=O) groups is 1. The molecule has 1 aromatic heterocycles. The number of ether oxygens (including phenoxy) is 2. The number of aromatic nitrogens is 2. The van der Waals surface area contributed by atoms with E-state index in [2.05, 4.69) is 4.98 Å². The van der Waals surface area contributed by atoms with Gasteiger partial charge in [0.15, 0.2) is 11.5 Å². The number of hydrogen-bond acceptors (Lipinski definition) is 4. The third-order valence-corrected chi connectivity index (χ3v) is 2.90. The summed E-state index contributed by atoms with van der Waals surface area (Å²) < 4.78 is 12.6. The highest BCUT2D eigenvalue weighted by molar-refractivity contribution is 5.82. The highest BCUT2D eigenvalue weighted by Crippen LogP contribution is 2.34. The van der Waals surface area contributed by atoms with Crippen molar-refractivity contribution < 1.29 is 19.4 Å². The van der Waals surface area contributed by atoms with Crippen LogP contribution in [0.4, 0.5) is 0 Å². The van der Waals surface area contributed by atoms with Crippen LogP contribution in [0.15, 0.2) is 12.1 Å². The lowest BCUT2D eigenvalue weighted by Gasteiger charge is -2.18. The third-order valence-electron chi connectivity index (χ3n) is 2.90. The minimum Gasteiger partial charge on any atom is -0.486 e. The van der Waals surface area contributed by atoms with Crippen LogP contribution in [0, 0.1) is 6.92 Å². The predicted molar refractivity (Wildman–Crippen MR) is 63.1 cm³/mol. The molecule has 2 aromatic rings. The average Bonchev–Trinajstić information content (AvgIpc) is 2.62. The summed E-state index contributed by atoms with van der Waals surface area (Å²) in [4.78, 5) is 15.2. The molecule has 0 amide bonds. The second-order valence-electron chi connectivity index (χ2n) is 4.12. The van der Waals surface area contributed by atoms with Crippen molar-refractivity contribution in [1.82, 2.24) is 9.55 Å². The van der Waals surface area contributed by atoms with Gasteiger partial charge in [0.25, 0.3) is 0 Å². The van der Waals surface area contributed by atoms with Crippen LogP contribution in [-0.4, -0.2) is 33.8 Å². The predicted octanol–water partition coefficient (Wildman–Crippen LogP) is 1.20. The summed E-state index contributed by atoms with van der Waals surface area (Å²) in [5, 5.41) is 8.90. The minimum absolute atomic E-state index is 0.109. The van der Waals surface area contributed by atoms with E-state index in [1.54, 1.807) is 23.6 Å². The van der Waals surface area contributed by atoms with Crippen LogP contribution in [0.5, 0.6) is 11.5 Å². The number of benzene rings is 1. The van der Waals surface area contributed by atoms with E-state index in [1.807, 2.05) is 0 Å². The monoisotopic (exact) mass is 248 g/mol. The van der Waals surface area contributed by atoms with Gasteiger partial charge in [0.1, 0.15) is 25.6 Å².